The van der Waals surface area contributed by atoms with Crippen LogP contribution in [0, 0.1) is 0 Å². The molecule has 0 aromatic rings. The molecule has 0 aromatic carbocycles. The molecular weight excluding hydrogens is 158 g/mol. The van der Waals surface area contributed by atoms with Crippen molar-refractivity contribution in [2.75, 3.05) is 27.0 Å². The summed E-state index contributed by atoms with van der Waals surface area (Å²) < 4.78 is 0. The Kier molecular flexibility index (Phi) is 5.36. The van der Waals surface area contributed by atoms with E-state index in [2.05, 4.69) is 5.01 Å². The van der Waals surface area contributed by atoms with Crippen LogP contribution in [0.15, 0.2) is 11.1 Å². The minimum atomic E-state index is 0.937. The third-order valence-corrected chi connectivity index (χ3v) is 2.49. The molecule has 11 heavy (non-hydrogen) atoms. The van der Waals surface area contributed by atoms with Crippen molar-refractivity contribution in [3.05, 3.63) is 11.1 Å². The summed E-state index contributed by atoms with van der Waals surface area (Å²) in [6.07, 6.45) is 1.63. The zero-order valence-electron chi connectivity index (χ0n) is 7.66. The van der Waals surface area contributed by atoms with E-state index >= 15 is 0 Å². The quantitative estimate of drug-likeness (QED) is 0.508. The first kappa shape index (κ1) is 10.8. The Morgan fingerprint density at radius 2 is 2.00 bits per heavy atom. The summed E-state index contributed by atoms with van der Waals surface area (Å²) in [5.41, 5.74) is 5.32. The highest BCUT2D eigenvalue weighted by Gasteiger charge is 1.99. The Morgan fingerprint density at radius 3 is 2.36 bits per heavy atom. The molecule has 0 amide bonds. The minimum Gasteiger partial charge on any atom is -0.404 e. The number of hydrogen-bond donors (Lipinski definition) is 1. The molecule has 0 aliphatic rings. The number of nitrogens with zero attached hydrogens (tertiary/aromatic N) is 2. The first-order valence-corrected chi connectivity index (χ1v) is 4.46. The van der Waals surface area contributed by atoms with Crippen LogP contribution in [0.5, 0.6) is 0 Å². The molecule has 0 spiro atoms. The molecule has 0 unspecified atom stereocenters. The van der Waals surface area contributed by atoms with Gasteiger partial charge in [-0.3, -0.25) is 0 Å². The van der Waals surface area contributed by atoms with Gasteiger partial charge in [0.1, 0.15) is 0 Å². The summed E-state index contributed by atoms with van der Waals surface area (Å²) >= 11 is 1.73. The monoisotopic (exact) mass is 175 g/mol. The molecule has 0 rings (SSSR count). The van der Waals surface area contributed by atoms with Crippen LogP contribution in [-0.4, -0.2) is 37.0 Å². The number of rotatable bonds is 4. The first-order chi connectivity index (χ1) is 5.07. The van der Waals surface area contributed by atoms with E-state index in [9.17, 15) is 0 Å². The summed E-state index contributed by atoms with van der Waals surface area (Å²) in [6.45, 7) is 2.01. The molecule has 4 heteroatoms. The zero-order valence-corrected chi connectivity index (χ0v) is 8.48. The number of hydrogen-bond acceptors (Lipinski definition) is 4. The van der Waals surface area contributed by atoms with Gasteiger partial charge < -0.3 is 5.73 Å². The maximum absolute atomic E-state index is 5.32. The van der Waals surface area contributed by atoms with Crippen molar-refractivity contribution in [2.24, 2.45) is 5.73 Å². The Bertz CT molecular complexity index is 134. The van der Waals surface area contributed by atoms with E-state index in [0.29, 0.717) is 0 Å². The Labute approximate surface area is 73.2 Å². The van der Waals surface area contributed by atoms with Crippen LogP contribution in [0.1, 0.15) is 6.92 Å². The van der Waals surface area contributed by atoms with Gasteiger partial charge in [-0.2, -0.15) is 0 Å². The van der Waals surface area contributed by atoms with Crippen LogP contribution in [0.25, 0.3) is 0 Å². The Balaban J connectivity index is 3.54. The van der Waals surface area contributed by atoms with E-state index in [-0.39, 0.29) is 0 Å². The summed E-state index contributed by atoms with van der Waals surface area (Å²) in [5.74, 6) is 0.937. The van der Waals surface area contributed by atoms with Crippen LogP contribution >= 0.6 is 11.8 Å². The van der Waals surface area contributed by atoms with E-state index < -0.39 is 0 Å². The van der Waals surface area contributed by atoms with Crippen LogP contribution < -0.4 is 5.73 Å². The van der Waals surface area contributed by atoms with Crippen molar-refractivity contribution in [1.82, 2.24) is 10.0 Å². The van der Waals surface area contributed by atoms with Gasteiger partial charge in [-0.1, -0.05) is 0 Å². The fourth-order valence-corrected chi connectivity index (χ4v) is 1.08. The second-order valence-electron chi connectivity index (χ2n) is 2.56. The van der Waals surface area contributed by atoms with Crippen molar-refractivity contribution in [2.45, 2.75) is 6.92 Å². The van der Waals surface area contributed by atoms with E-state index in [0.717, 1.165) is 10.8 Å². The largest absolute Gasteiger partial charge is 0.404 e. The molecule has 0 atom stereocenters. The molecule has 0 saturated carbocycles. The molecule has 3 nitrogen and oxygen atoms in total. The maximum Gasteiger partial charge on any atom is 0.0631 e. The van der Waals surface area contributed by atoms with E-state index in [1.807, 2.05) is 33.1 Å². The molecule has 0 fully saturated rings. The number of allylic oxidation sites excluding steroid dienone is 1. The van der Waals surface area contributed by atoms with Gasteiger partial charge in [0.05, 0.1) is 5.88 Å². The van der Waals surface area contributed by atoms with E-state index in [1.165, 1.54) is 0 Å². The molecule has 0 aliphatic heterocycles. The molecule has 66 valence electrons. The van der Waals surface area contributed by atoms with Crippen molar-refractivity contribution >= 4 is 11.8 Å². The second-order valence-corrected chi connectivity index (χ2v) is 3.75. The van der Waals surface area contributed by atoms with Crippen molar-refractivity contribution in [3.63, 3.8) is 0 Å². The lowest BCUT2D eigenvalue weighted by Crippen LogP contribution is -2.32. The summed E-state index contributed by atoms with van der Waals surface area (Å²) in [6, 6.07) is 0. The topological polar surface area (TPSA) is 32.5 Å². The lowest BCUT2D eigenvalue weighted by Gasteiger charge is -2.23. The van der Waals surface area contributed by atoms with Gasteiger partial charge in [-0.15, -0.1) is 11.8 Å². The van der Waals surface area contributed by atoms with E-state index in [4.69, 9.17) is 5.73 Å². The highest BCUT2D eigenvalue weighted by atomic mass is 32.2. The predicted molar refractivity (Wildman–Crippen MR) is 51.9 cm³/mol. The summed E-state index contributed by atoms with van der Waals surface area (Å²) in [7, 11) is 6.07. The fraction of sp³-hybridized carbons (Fsp3) is 0.714. The average Bonchev–Trinajstić information content (AvgIpc) is 1.99. The SMILES string of the molecule is C/C(=C/N)SCN(C)N(C)C. The highest BCUT2D eigenvalue weighted by molar-refractivity contribution is 8.02. The predicted octanol–water partition coefficient (Wildman–Crippen LogP) is 0.905. The van der Waals surface area contributed by atoms with Gasteiger partial charge in [-0.05, 0) is 11.8 Å². The highest BCUT2D eigenvalue weighted by Crippen LogP contribution is 2.13. The summed E-state index contributed by atoms with van der Waals surface area (Å²) in [4.78, 5) is 1.15. The van der Waals surface area contributed by atoms with Crippen molar-refractivity contribution in [3.8, 4) is 0 Å². The molecule has 0 heterocycles. The Morgan fingerprint density at radius 1 is 1.45 bits per heavy atom. The molecule has 0 aliphatic carbocycles. The van der Waals surface area contributed by atoms with Crippen LogP contribution in [0.3, 0.4) is 0 Å². The third kappa shape index (κ3) is 5.12. The lowest BCUT2D eigenvalue weighted by atomic mass is 10.7. The Hall–Kier alpha value is -0.190. The average molecular weight is 175 g/mol. The van der Waals surface area contributed by atoms with Crippen LogP contribution in [-0.2, 0) is 0 Å². The van der Waals surface area contributed by atoms with Crippen molar-refractivity contribution in [1.29, 1.82) is 0 Å². The first-order valence-electron chi connectivity index (χ1n) is 3.47. The molecule has 0 saturated heterocycles. The van der Waals surface area contributed by atoms with Gasteiger partial charge in [0.15, 0.2) is 0 Å². The van der Waals surface area contributed by atoms with Crippen LogP contribution in [0.2, 0.25) is 0 Å². The van der Waals surface area contributed by atoms with Gasteiger partial charge >= 0.3 is 0 Å². The van der Waals surface area contributed by atoms with Gasteiger partial charge in [0.2, 0.25) is 0 Å². The van der Waals surface area contributed by atoms with E-state index in [1.54, 1.807) is 18.0 Å². The second kappa shape index (κ2) is 5.46. The molecule has 0 radical (unpaired) electrons. The fourth-order valence-electron chi connectivity index (χ4n) is 0.359. The van der Waals surface area contributed by atoms with Gasteiger partial charge in [-0.25, -0.2) is 10.0 Å². The smallest absolute Gasteiger partial charge is 0.0631 e. The third-order valence-electron chi connectivity index (χ3n) is 1.40. The maximum atomic E-state index is 5.32. The lowest BCUT2D eigenvalue weighted by molar-refractivity contribution is 0.0813. The summed E-state index contributed by atoms with van der Waals surface area (Å²) in [5, 5.41) is 4.15. The standard InChI is InChI=1S/C7H17N3S/c1-7(5-8)11-6-10(4)9(2)3/h5H,6,8H2,1-4H3/b7-5-. The number of thioether (sulfide) groups is 1. The minimum absolute atomic E-state index is 0.937. The molecular formula is C7H17N3S. The molecule has 2 N–H and O–H groups in total. The normalized spacial score (nSPS) is 13.1. The number of hydrazine groups is 1. The van der Waals surface area contributed by atoms with Gasteiger partial charge in [0.25, 0.3) is 0 Å². The molecule has 0 bridgehead atoms. The zero-order chi connectivity index (χ0) is 8.85. The van der Waals surface area contributed by atoms with Crippen LogP contribution in [0.4, 0.5) is 0 Å². The van der Waals surface area contributed by atoms with Crippen molar-refractivity contribution < 1.29 is 0 Å². The van der Waals surface area contributed by atoms with Gasteiger partial charge in [0, 0.05) is 27.3 Å². The molecule has 0 aromatic heterocycles. The number of nitrogens with two attached hydrogens (primary N) is 1.